The second-order valence-corrected chi connectivity index (χ2v) is 9.77. The van der Waals surface area contributed by atoms with Gasteiger partial charge in [0, 0.05) is 31.3 Å². The number of ether oxygens (including phenoxy) is 1. The third-order valence-electron chi connectivity index (χ3n) is 5.68. The van der Waals surface area contributed by atoms with E-state index in [0.717, 1.165) is 25.3 Å². The number of cyclic esters (lactones) is 2. The van der Waals surface area contributed by atoms with Gasteiger partial charge in [-0.3, -0.25) is 9.59 Å². The first kappa shape index (κ1) is 18.8. The minimum atomic E-state index is -2.67. The average molecular weight is 369 g/mol. The maximum absolute atomic E-state index is 12.2. The predicted molar refractivity (Wildman–Crippen MR) is 92.4 cm³/mol. The quantitative estimate of drug-likeness (QED) is 0.256. The van der Waals surface area contributed by atoms with Gasteiger partial charge in [0.15, 0.2) is 0 Å². The lowest BCUT2D eigenvalue weighted by molar-refractivity contribution is -0.155. The zero-order chi connectivity index (χ0) is 18.1. The summed E-state index contributed by atoms with van der Waals surface area (Å²) < 4.78 is 22.6. The molecule has 1 heterocycles. The van der Waals surface area contributed by atoms with Crippen molar-refractivity contribution in [1.29, 1.82) is 0 Å². The van der Waals surface area contributed by atoms with Gasteiger partial charge < -0.3 is 18.0 Å². The predicted octanol–water partition coefficient (Wildman–Crippen LogP) is 2.71. The third kappa shape index (κ3) is 3.23. The molecule has 2 bridgehead atoms. The average Bonchev–Trinajstić information content (AvgIpc) is 3.20. The van der Waals surface area contributed by atoms with Crippen LogP contribution in [0.1, 0.15) is 40.0 Å². The molecule has 4 atom stereocenters. The first-order valence-electron chi connectivity index (χ1n) is 9.37. The number of carbonyl (C=O) groups is 2. The topological polar surface area (TPSA) is 71.1 Å². The Kier molecular flexibility index (Phi) is 5.48. The Bertz CT molecular complexity index is 545. The lowest BCUT2D eigenvalue weighted by Gasteiger charge is -2.32. The summed E-state index contributed by atoms with van der Waals surface area (Å²) in [7, 11) is -2.67. The highest BCUT2D eigenvalue weighted by Crippen LogP contribution is 2.61. The molecule has 0 aromatic carbocycles. The van der Waals surface area contributed by atoms with E-state index in [-0.39, 0.29) is 35.1 Å². The molecule has 0 aromatic heterocycles. The number of esters is 2. The second kappa shape index (κ2) is 7.30. The van der Waals surface area contributed by atoms with Gasteiger partial charge in [0.2, 0.25) is 0 Å². The smallest absolute Gasteiger partial charge is 0.393 e. The second-order valence-electron chi connectivity index (χ2n) is 7.04. The molecule has 4 unspecified atom stereocenters. The lowest BCUT2D eigenvalue weighted by Crippen LogP contribution is -2.46. The van der Waals surface area contributed by atoms with Crippen molar-refractivity contribution in [3.63, 3.8) is 0 Å². The van der Waals surface area contributed by atoms with Gasteiger partial charge >= 0.3 is 20.7 Å². The molecular formula is C18H28O6Si. The van der Waals surface area contributed by atoms with Crippen LogP contribution in [0.5, 0.6) is 0 Å². The maximum Gasteiger partial charge on any atom is 0.500 e. The molecule has 0 N–H and O–H groups in total. The lowest BCUT2D eigenvalue weighted by atomic mass is 9.72. The third-order valence-corrected chi connectivity index (χ3v) is 8.83. The molecule has 1 saturated heterocycles. The summed E-state index contributed by atoms with van der Waals surface area (Å²) in [5.74, 6) is -1.11. The Morgan fingerprint density at radius 2 is 1.76 bits per heavy atom. The molecule has 6 nitrogen and oxygen atoms in total. The molecule has 3 rings (SSSR count). The zero-order valence-corrected chi connectivity index (χ0v) is 16.3. The summed E-state index contributed by atoms with van der Waals surface area (Å²) in [6.45, 7) is 7.53. The van der Waals surface area contributed by atoms with Crippen molar-refractivity contribution in [1.82, 2.24) is 0 Å². The van der Waals surface area contributed by atoms with Crippen molar-refractivity contribution in [3.05, 3.63) is 12.2 Å². The van der Waals surface area contributed by atoms with E-state index in [4.69, 9.17) is 18.0 Å². The van der Waals surface area contributed by atoms with Crippen LogP contribution in [0.4, 0.5) is 0 Å². The SMILES string of the molecule is CCO[Si](CCCC12C=CC(C1)C1C(=O)OC(=O)C12)(OCC)OCC. The van der Waals surface area contributed by atoms with E-state index in [2.05, 4.69) is 12.2 Å². The van der Waals surface area contributed by atoms with E-state index in [9.17, 15) is 9.59 Å². The first-order valence-corrected chi connectivity index (χ1v) is 11.3. The number of hydrogen-bond donors (Lipinski definition) is 0. The number of fused-ring (bicyclic) bond motifs is 5. The van der Waals surface area contributed by atoms with Crippen molar-refractivity contribution < 1.29 is 27.6 Å². The van der Waals surface area contributed by atoms with Crippen LogP contribution >= 0.6 is 0 Å². The monoisotopic (exact) mass is 368 g/mol. The maximum atomic E-state index is 12.2. The minimum Gasteiger partial charge on any atom is -0.393 e. The Morgan fingerprint density at radius 1 is 1.12 bits per heavy atom. The van der Waals surface area contributed by atoms with Gasteiger partial charge in [-0.25, -0.2) is 0 Å². The summed E-state index contributed by atoms with van der Waals surface area (Å²) >= 11 is 0. The molecule has 2 aliphatic carbocycles. The Hall–Kier alpha value is -1.02. The van der Waals surface area contributed by atoms with Crippen LogP contribution in [0, 0.1) is 23.2 Å². The Balaban J connectivity index is 1.67. The van der Waals surface area contributed by atoms with E-state index < -0.39 is 8.80 Å². The van der Waals surface area contributed by atoms with Crippen molar-refractivity contribution in [2.24, 2.45) is 23.2 Å². The van der Waals surface area contributed by atoms with E-state index in [1.165, 1.54) is 0 Å². The van der Waals surface area contributed by atoms with E-state index in [1.807, 2.05) is 20.8 Å². The van der Waals surface area contributed by atoms with Crippen LogP contribution in [0.25, 0.3) is 0 Å². The molecule has 0 amide bonds. The number of rotatable bonds is 10. The van der Waals surface area contributed by atoms with E-state index in [1.54, 1.807) is 0 Å². The fourth-order valence-corrected chi connectivity index (χ4v) is 7.48. The standard InChI is InChI=1S/C18H28O6Si/c1-4-21-25(22-5-2,23-6-3)11-7-9-18-10-8-13(12-18)14-15(18)17(20)24-16(14)19/h8,10,13-15H,4-7,9,11-12H2,1-3H3. The summed E-state index contributed by atoms with van der Waals surface area (Å²) in [5, 5.41) is 0. The molecular weight excluding hydrogens is 340 g/mol. The van der Waals surface area contributed by atoms with Crippen LogP contribution < -0.4 is 0 Å². The molecule has 0 radical (unpaired) electrons. The molecule has 7 heteroatoms. The molecule has 0 spiro atoms. The van der Waals surface area contributed by atoms with Crippen LogP contribution in [-0.4, -0.2) is 40.6 Å². The molecule has 2 fully saturated rings. The molecule has 1 aliphatic heterocycles. The Morgan fingerprint density at radius 3 is 2.36 bits per heavy atom. The highest BCUT2D eigenvalue weighted by Gasteiger charge is 2.64. The first-order chi connectivity index (χ1) is 12.0. The number of hydrogen-bond acceptors (Lipinski definition) is 6. The highest BCUT2D eigenvalue weighted by atomic mass is 28.4. The Labute approximate surface area is 150 Å². The van der Waals surface area contributed by atoms with E-state index in [0.29, 0.717) is 19.8 Å². The van der Waals surface area contributed by atoms with E-state index >= 15 is 0 Å². The normalized spacial score (nSPS) is 33.2. The van der Waals surface area contributed by atoms with Crippen molar-refractivity contribution in [3.8, 4) is 0 Å². The van der Waals surface area contributed by atoms with Gasteiger partial charge in [0.05, 0.1) is 11.8 Å². The van der Waals surface area contributed by atoms with Crippen molar-refractivity contribution >= 4 is 20.7 Å². The van der Waals surface area contributed by atoms with Crippen LogP contribution in [-0.2, 0) is 27.6 Å². The largest absolute Gasteiger partial charge is 0.500 e. The van der Waals surface area contributed by atoms with Gasteiger partial charge in [0.25, 0.3) is 0 Å². The number of allylic oxidation sites excluding steroid dienone is 2. The van der Waals surface area contributed by atoms with Crippen LogP contribution in [0.15, 0.2) is 12.2 Å². The van der Waals surface area contributed by atoms with Gasteiger partial charge in [-0.1, -0.05) is 12.2 Å². The molecule has 25 heavy (non-hydrogen) atoms. The summed E-state index contributed by atoms with van der Waals surface area (Å²) in [6.07, 6.45) is 6.78. The summed E-state index contributed by atoms with van der Waals surface area (Å²) in [4.78, 5) is 24.1. The highest BCUT2D eigenvalue weighted by molar-refractivity contribution is 6.60. The van der Waals surface area contributed by atoms with Crippen molar-refractivity contribution in [2.45, 2.75) is 46.1 Å². The zero-order valence-electron chi connectivity index (χ0n) is 15.3. The van der Waals surface area contributed by atoms with Gasteiger partial charge in [-0.2, -0.15) is 0 Å². The molecule has 1 saturated carbocycles. The molecule has 140 valence electrons. The molecule has 3 aliphatic rings. The minimum absolute atomic E-state index is 0.150. The van der Waals surface area contributed by atoms with Gasteiger partial charge in [-0.15, -0.1) is 0 Å². The molecule has 0 aromatic rings. The van der Waals surface area contributed by atoms with Gasteiger partial charge in [0.1, 0.15) is 0 Å². The summed E-state index contributed by atoms with van der Waals surface area (Å²) in [5.41, 5.74) is -0.247. The fraction of sp³-hybridized carbons (Fsp3) is 0.778. The summed E-state index contributed by atoms with van der Waals surface area (Å²) in [6, 6.07) is 0.725. The van der Waals surface area contributed by atoms with Crippen molar-refractivity contribution in [2.75, 3.05) is 19.8 Å². The fourth-order valence-electron chi connectivity index (χ4n) is 4.87. The van der Waals surface area contributed by atoms with Crippen LogP contribution in [0.3, 0.4) is 0 Å². The number of carbonyl (C=O) groups excluding carboxylic acids is 2. The van der Waals surface area contributed by atoms with Gasteiger partial charge in [-0.05, 0) is 46.0 Å². The van der Waals surface area contributed by atoms with Crippen LogP contribution in [0.2, 0.25) is 6.04 Å².